The molecule has 8 nitrogen and oxygen atoms in total. The van der Waals surface area contributed by atoms with Crippen molar-refractivity contribution in [1.29, 1.82) is 0 Å². The predicted octanol–water partition coefficient (Wildman–Crippen LogP) is 6.36. The Balaban J connectivity index is 1.78. The fourth-order valence-corrected chi connectivity index (χ4v) is 5.08. The first-order valence-electron chi connectivity index (χ1n) is 14.0. The molecule has 0 aliphatic carbocycles. The van der Waals surface area contributed by atoms with Crippen LogP contribution in [0.1, 0.15) is 98.7 Å². The number of ketones is 1. The Morgan fingerprint density at radius 2 is 1.85 bits per heavy atom. The van der Waals surface area contributed by atoms with Gasteiger partial charge in [0, 0.05) is 24.3 Å². The van der Waals surface area contributed by atoms with Crippen LogP contribution in [0.4, 0.5) is 0 Å². The van der Waals surface area contributed by atoms with Crippen LogP contribution in [0.3, 0.4) is 0 Å². The molecule has 8 heteroatoms. The number of allylic oxidation sites excluding steroid dienone is 1. The maximum absolute atomic E-state index is 13.4. The number of esters is 2. The van der Waals surface area contributed by atoms with Crippen molar-refractivity contribution in [2.45, 2.75) is 77.7 Å². The summed E-state index contributed by atoms with van der Waals surface area (Å²) >= 11 is 0. The summed E-state index contributed by atoms with van der Waals surface area (Å²) in [6.07, 6.45) is 6.53. The third kappa shape index (κ3) is 6.84. The lowest BCUT2D eigenvalue weighted by atomic mass is 9.83. The zero-order valence-electron chi connectivity index (χ0n) is 23.7. The van der Waals surface area contributed by atoms with Crippen LogP contribution in [-0.2, 0) is 14.3 Å². The lowest BCUT2D eigenvalue weighted by Crippen LogP contribution is -2.23. The Bertz CT molecular complexity index is 1290. The molecule has 0 spiro atoms. The second-order valence-corrected chi connectivity index (χ2v) is 10.9. The minimum absolute atomic E-state index is 0.0238. The molecule has 0 saturated carbocycles. The van der Waals surface area contributed by atoms with Gasteiger partial charge in [-0.15, -0.1) is 0 Å². The van der Waals surface area contributed by atoms with Gasteiger partial charge in [0.1, 0.15) is 22.8 Å². The van der Waals surface area contributed by atoms with E-state index in [-0.39, 0.29) is 29.3 Å². The van der Waals surface area contributed by atoms with Gasteiger partial charge in [0.05, 0.1) is 26.2 Å². The fraction of sp³-hybridized carbons (Fsp3) is 0.469. The molecule has 1 unspecified atom stereocenters. The van der Waals surface area contributed by atoms with E-state index >= 15 is 0 Å². The number of methoxy groups -OCH3 is 1. The van der Waals surface area contributed by atoms with E-state index in [1.165, 1.54) is 0 Å². The Labute approximate surface area is 235 Å². The summed E-state index contributed by atoms with van der Waals surface area (Å²) in [6, 6.07) is 7.01. The lowest BCUT2D eigenvalue weighted by Gasteiger charge is -2.28. The lowest BCUT2D eigenvalue weighted by molar-refractivity contribution is -0.135. The number of hydrogen-bond donors (Lipinski definition) is 1. The van der Waals surface area contributed by atoms with E-state index in [9.17, 15) is 19.5 Å². The fourth-order valence-electron chi connectivity index (χ4n) is 5.08. The van der Waals surface area contributed by atoms with Crippen LogP contribution < -0.4 is 14.2 Å². The van der Waals surface area contributed by atoms with Gasteiger partial charge in [0.15, 0.2) is 11.5 Å². The van der Waals surface area contributed by atoms with E-state index in [4.69, 9.17) is 18.9 Å². The molecule has 0 amide bonds. The summed E-state index contributed by atoms with van der Waals surface area (Å²) in [6.45, 7) is 6.40. The average molecular weight is 551 g/mol. The molecule has 0 saturated heterocycles. The highest BCUT2D eigenvalue weighted by molar-refractivity contribution is 5.98. The minimum Gasteiger partial charge on any atom is -0.507 e. The first-order chi connectivity index (χ1) is 19.2. The van der Waals surface area contributed by atoms with Gasteiger partial charge >= 0.3 is 11.9 Å². The highest BCUT2D eigenvalue weighted by Crippen LogP contribution is 2.48. The Kier molecular flexibility index (Phi) is 9.50. The normalized spacial score (nSPS) is 20.2. The number of carbonyl (C=O) groups excluding carboxylic acids is 3. The van der Waals surface area contributed by atoms with Gasteiger partial charge in [0.2, 0.25) is 0 Å². The number of ether oxygens (including phenoxy) is 4. The molecule has 4 rings (SSSR count). The van der Waals surface area contributed by atoms with Crippen LogP contribution in [-0.4, -0.2) is 42.6 Å². The minimum atomic E-state index is -0.665. The molecule has 1 N–H and O–H groups in total. The largest absolute Gasteiger partial charge is 0.507 e. The van der Waals surface area contributed by atoms with E-state index in [1.54, 1.807) is 38.3 Å². The molecule has 0 bridgehead atoms. The average Bonchev–Trinajstić information content (AvgIpc) is 2.90. The van der Waals surface area contributed by atoms with Crippen LogP contribution in [0.5, 0.6) is 23.0 Å². The Hall–Kier alpha value is -3.81. The topological polar surface area (TPSA) is 108 Å². The highest BCUT2D eigenvalue weighted by atomic mass is 16.5. The SMILES string of the molecule is COc1cc(C2CC(=O)Oc3cc4c(c(O)c32)C(=O)O[C@@H](C)CCCC(=O)CCCC=C4)ccc1OCC(C)C. The third-order valence-electron chi connectivity index (χ3n) is 7.14. The summed E-state index contributed by atoms with van der Waals surface area (Å²) < 4.78 is 22.7. The van der Waals surface area contributed by atoms with Crippen LogP contribution in [0.25, 0.3) is 6.08 Å². The second kappa shape index (κ2) is 13.0. The van der Waals surface area contributed by atoms with E-state index < -0.39 is 24.0 Å². The van der Waals surface area contributed by atoms with Gasteiger partial charge in [-0.3, -0.25) is 9.59 Å². The van der Waals surface area contributed by atoms with Crippen LogP contribution in [0, 0.1) is 5.92 Å². The molecule has 0 radical (unpaired) electrons. The molecular formula is C32H38O8. The van der Waals surface area contributed by atoms with E-state index in [0.29, 0.717) is 79.2 Å². The second-order valence-electron chi connectivity index (χ2n) is 10.9. The smallest absolute Gasteiger partial charge is 0.342 e. The quantitative estimate of drug-likeness (QED) is 0.339. The number of cyclic esters (lactones) is 1. The number of benzene rings is 2. The molecule has 0 aromatic heterocycles. The third-order valence-corrected chi connectivity index (χ3v) is 7.14. The molecule has 40 heavy (non-hydrogen) atoms. The van der Waals surface area contributed by atoms with Gasteiger partial charge < -0.3 is 24.1 Å². The zero-order chi connectivity index (χ0) is 28.8. The van der Waals surface area contributed by atoms with Crippen LogP contribution in [0.2, 0.25) is 0 Å². The highest BCUT2D eigenvalue weighted by Gasteiger charge is 2.36. The number of phenols is 1. The predicted molar refractivity (Wildman–Crippen MR) is 150 cm³/mol. The van der Waals surface area contributed by atoms with Gasteiger partial charge in [-0.1, -0.05) is 32.1 Å². The van der Waals surface area contributed by atoms with Crippen molar-refractivity contribution in [3.05, 3.63) is 52.6 Å². The van der Waals surface area contributed by atoms with Crippen molar-refractivity contribution in [3.8, 4) is 23.0 Å². The number of Topliss-reactive ketones (excluding diaryl/α,β-unsaturated/α-hetero) is 1. The maximum atomic E-state index is 13.4. The van der Waals surface area contributed by atoms with Crippen LogP contribution >= 0.6 is 0 Å². The van der Waals surface area contributed by atoms with Crippen molar-refractivity contribution >= 4 is 23.8 Å². The van der Waals surface area contributed by atoms with Crippen molar-refractivity contribution in [3.63, 3.8) is 0 Å². The molecule has 214 valence electrons. The molecule has 0 fully saturated rings. The van der Waals surface area contributed by atoms with Gasteiger partial charge in [-0.25, -0.2) is 4.79 Å². The molecule has 2 atom stereocenters. The van der Waals surface area contributed by atoms with Crippen molar-refractivity contribution in [2.24, 2.45) is 5.92 Å². The molecule has 2 aliphatic heterocycles. The van der Waals surface area contributed by atoms with Crippen LogP contribution in [0.15, 0.2) is 30.3 Å². The monoisotopic (exact) mass is 550 g/mol. The van der Waals surface area contributed by atoms with Crippen molar-refractivity contribution < 1.29 is 38.4 Å². The Morgan fingerprint density at radius 1 is 1.07 bits per heavy atom. The van der Waals surface area contributed by atoms with Crippen molar-refractivity contribution in [1.82, 2.24) is 0 Å². The number of aromatic hydroxyl groups is 1. The van der Waals surface area contributed by atoms with Gasteiger partial charge in [-0.2, -0.15) is 0 Å². The summed E-state index contributed by atoms with van der Waals surface area (Å²) in [5.74, 6) is -0.157. The molecular weight excluding hydrogens is 512 g/mol. The van der Waals surface area contributed by atoms with Gasteiger partial charge in [0.25, 0.3) is 0 Å². The van der Waals surface area contributed by atoms with E-state index in [0.717, 1.165) is 0 Å². The first-order valence-corrected chi connectivity index (χ1v) is 14.0. The summed E-state index contributed by atoms with van der Waals surface area (Å²) in [4.78, 5) is 38.2. The standard InChI is InChI=1S/C32H38O8/c1-19(2)18-38-25-14-13-21(15-26(25)37-4)24-17-28(34)40-27-16-22-10-6-5-7-11-23(33)12-8-9-20(3)39-32(36)29(22)31(35)30(24)27/h6,10,13-16,19-20,24,35H,5,7-9,11-12,17-18H2,1-4H3/t20-,24?/m0/s1. The number of hydrogen-bond acceptors (Lipinski definition) is 8. The summed E-state index contributed by atoms with van der Waals surface area (Å²) in [7, 11) is 1.55. The number of fused-ring (bicyclic) bond motifs is 2. The molecule has 2 heterocycles. The molecule has 2 aromatic carbocycles. The summed E-state index contributed by atoms with van der Waals surface area (Å²) in [5.41, 5.74) is 1.48. The summed E-state index contributed by atoms with van der Waals surface area (Å²) in [5, 5.41) is 11.6. The number of carbonyl (C=O) groups is 3. The number of rotatable bonds is 5. The number of phenolic OH excluding ortho intramolecular Hbond substituents is 1. The van der Waals surface area contributed by atoms with E-state index in [2.05, 4.69) is 13.8 Å². The van der Waals surface area contributed by atoms with Gasteiger partial charge in [-0.05, 0) is 67.9 Å². The Morgan fingerprint density at radius 3 is 2.60 bits per heavy atom. The zero-order valence-corrected chi connectivity index (χ0v) is 23.7. The van der Waals surface area contributed by atoms with Crippen molar-refractivity contribution in [2.75, 3.05) is 13.7 Å². The maximum Gasteiger partial charge on any atom is 0.342 e. The molecule has 2 aromatic rings. The first kappa shape index (κ1) is 29.2. The van der Waals surface area contributed by atoms with E-state index in [1.807, 2.05) is 12.1 Å². The molecule has 2 aliphatic rings.